The van der Waals surface area contributed by atoms with Gasteiger partial charge < -0.3 is 10.1 Å². The summed E-state index contributed by atoms with van der Waals surface area (Å²) in [7, 11) is 0. The van der Waals surface area contributed by atoms with Crippen molar-refractivity contribution in [3.8, 4) is 11.6 Å². The van der Waals surface area contributed by atoms with Crippen molar-refractivity contribution < 1.29 is 14.5 Å². The van der Waals surface area contributed by atoms with Crippen LogP contribution in [0.1, 0.15) is 27.3 Å². The number of aryl methyl sites for hydroxylation is 1. The smallest absolute Gasteiger partial charge is 0.294 e. The SMILES string of the molecule is Cc1cc(=O)c(C(=O)NCc2ccnc(OCc3ccccc3)c2)nn1-c1ccccc1[N+](=O)[O-]. The highest BCUT2D eigenvalue weighted by Gasteiger charge is 2.20. The van der Waals surface area contributed by atoms with Crippen molar-refractivity contribution in [1.29, 1.82) is 0 Å². The second-order valence-corrected chi connectivity index (χ2v) is 7.62. The fraction of sp³-hybridized carbons (Fsp3) is 0.120. The molecule has 0 radical (unpaired) electrons. The number of nitrogens with zero attached hydrogens (tertiary/aromatic N) is 4. The van der Waals surface area contributed by atoms with Crippen LogP contribution in [-0.2, 0) is 13.2 Å². The van der Waals surface area contributed by atoms with Gasteiger partial charge in [0.15, 0.2) is 5.69 Å². The Morgan fingerprint density at radius 2 is 1.80 bits per heavy atom. The zero-order valence-electron chi connectivity index (χ0n) is 18.7. The third-order valence-electron chi connectivity index (χ3n) is 5.11. The van der Waals surface area contributed by atoms with Gasteiger partial charge in [0.25, 0.3) is 11.6 Å². The van der Waals surface area contributed by atoms with Crippen LogP contribution in [0.2, 0.25) is 0 Å². The lowest BCUT2D eigenvalue weighted by Crippen LogP contribution is -2.31. The second kappa shape index (κ2) is 10.4. The third kappa shape index (κ3) is 5.56. The number of amides is 1. The first-order valence-electron chi connectivity index (χ1n) is 10.7. The molecule has 0 bridgehead atoms. The Hall–Kier alpha value is -4.86. The predicted octanol–water partition coefficient (Wildman–Crippen LogP) is 3.35. The zero-order chi connectivity index (χ0) is 24.8. The monoisotopic (exact) mass is 471 g/mol. The van der Waals surface area contributed by atoms with Crippen molar-refractivity contribution in [3.63, 3.8) is 0 Å². The molecule has 1 amide bonds. The molecule has 35 heavy (non-hydrogen) atoms. The Bertz CT molecular complexity index is 1440. The molecule has 10 heteroatoms. The van der Waals surface area contributed by atoms with Gasteiger partial charge in [-0.15, -0.1) is 0 Å². The molecule has 0 aliphatic carbocycles. The number of benzene rings is 2. The summed E-state index contributed by atoms with van der Waals surface area (Å²) in [4.78, 5) is 40.3. The minimum absolute atomic E-state index is 0.101. The summed E-state index contributed by atoms with van der Waals surface area (Å²) in [5.74, 6) is -0.307. The summed E-state index contributed by atoms with van der Waals surface area (Å²) in [6, 6.07) is 20.2. The van der Waals surface area contributed by atoms with E-state index in [1.54, 1.807) is 31.3 Å². The Morgan fingerprint density at radius 3 is 2.57 bits per heavy atom. The molecule has 0 saturated carbocycles. The number of nitro benzene ring substituents is 1. The maximum atomic E-state index is 12.8. The number of nitrogens with one attached hydrogen (secondary N) is 1. The van der Waals surface area contributed by atoms with Crippen molar-refractivity contribution >= 4 is 11.6 Å². The van der Waals surface area contributed by atoms with Gasteiger partial charge in [-0.1, -0.05) is 42.5 Å². The van der Waals surface area contributed by atoms with E-state index < -0.39 is 16.3 Å². The van der Waals surface area contributed by atoms with Crippen molar-refractivity contribution in [2.75, 3.05) is 0 Å². The second-order valence-electron chi connectivity index (χ2n) is 7.62. The van der Waals surface area contributed by atoms with Gasteiger partial charge in [0, 0.05) is 36.6 Å². The molecule has 176 valence electrons. The molecule has 0 aliphatic heterocycles. The number of aromatic nitrogens is 3. The maximum absolute atomic E-state index is 12.8. The molecule has 0 aliphatic rings. The standard InChI is InChI=1S/C25H21N5O5/c1-17-13-22(31)24(28-29(17)20-9-5-6-10-21(20)30(33)34)25(32)27-15-19-11-12-26-23(14-19)35-16-18-7-3-2-4-8-18/h2-14H,15-16H2,1H3,(H,27,32). The van der Waals surface area contributed by atoms with Crippen molar-refractivity contribution in [3.05, 3.63) is 122 Å². The largest absolute Gasteiger partial charge is 0.473 e. The molecule has 0 atom stereocenters. The van der Waals surface area contributed by atoms with Crippen LogP contribution < -0.4 is 15.5 Å². The number of hydrogen-bond donors (Lipinski definition) is 1. The number of nitro groups is 1. The predicted molar refractivity (Wildman–Crippen MR) is 127 cm³/mol. The quantitative estimate of drug-likeness (QED) is 0.308. The van der Waals surface area contributed by atoms with Gasteiger partial charge in [0.1, 0.15) is 12.3 Å². The van der Waals surface area contributed by atoms with Crippen LogP contribution in [0.15, 0.2) is 83.8 Å². The molecule has 4 aromatic rings. The highest BCUT2D eigenvalue weighted by atomic mass is 16.6. The summed E-state index contributed by atoms with van der Waals surface area (Å²) in [5.41, 5.74) is 1.06. The molecule has 2 aromatic carbocycles. The highest BCUT2D eigenvalue weighted by Crippen LogP contribution is 2.22. The van der Waals surface area contributed by atoms with Crippen molar-refractivity contribution in [2.45, 2.75) is 20.1 Å². The van der Waals surface area contributed by atoms with E-state index in [0.29, 0.717) is 23.7 Å². The van der Waals surface area contributed by atoms with Crippen molar-refractivity contribution in [1.82, 2.24) is 20.1 Å². The normalized spacial score (nSPS) is 10.5. The molecule has 1 N–H and O–H groups in total. The minimum Gasteiger partial charge on any atom is -0.473 e. The van der Waals surface area contributed by atoms with E-state index in [-0.39, 0.29) is 23.6 Å². The topological polar surface area (TPSA) is 129 Å². The van der Waals surface area contributed by atoms with Gasteiger partial charge in [0.2, 0.25) is 11.3 Å². The molecule has 10 nitrogen and oxygen atoms in total. The minimum atomic E-state index is -0.703. The number of carbonyl (C=O) groups is 1. The van der Waals surface area contributed by atoms with Crippen LogP contribution >= 0.6 is 0 Å². The van der Waals surface area contributed by atoms with Gasteiger partial charge in [-0.05, 0) is 30.2 Å². The molecule has 0 fully saturated rings. The molecular formula is C25H21N5O5. The molecular weight excluding hydrogens is 450 g/mol. The summed E-state index contributed by atoms with van der Waals surface area (Å²) in [6.45, 7) is 2.03. The Labute approximate surface area is 200 Å². The number of hydrogen-bond acceptors (Lipinski definition) is 7. The van der Waals surface area contributed by atoms with Crippen LogP contribution in [0.5, 0.6) is 5.88 Å². The highest BCUT2D eigenvalue weighted by molar-refractivity contribution is 5.92. The average Bonchev–Trinajstić information content (AvgIpc) is 2.87. The van der Waals surface area contributed by atoms with Crippen LogP contribution in [0.25, 0.3) is 5.69 Å². The lowest BCUT2D eigenvalue weighted by Gasteiger charge is -2.12. The third-order valence-corrected chi connectivity index (χ3v) is 5.11. The summed E-state index contributed by atoms with van der Waals surface area (Å²) >= 11 is 0. The van der Waals surface area contributed by atoms with E-state index in [2.05, 4.69) is 15.4 Å². The molecule has 2 heterocycles. The molecule has 4 rings (SSSR count). The summed E-state index contributed by atoms with van der Waals surface area (Å²) in [5, 5.41) is 18.2. The number of rotatable bonds is 8. The van der Waals surface area contributed by atoms with E-state index in [9.17, 15) is 19.7 Å². The van der Waals surface area contributed by atoms with Crippen molar-refractivity contribution in [2.24, 2.45) is 0 Å². The van der Waals surface area contributed by atoms with Gasteiger partial charge in [0.05, 0.1) is 4.92 Å². The number of carbonyl (C=O) groups excluding carboxylic acids is 1. The number of ether oxygens (including phenoxy) is 1. The Kier molecular flexibility index (Phi) is 6.91. The Morgan fingerprint density at radius 1 is 1.06 bits per heavy atom. The summed E-state index contributed by atoms with van der Waals surface area (Å²) < 4.78 is 6.93. The molecule has 2 aromatic heterocycles. The fourth-order valence-corrected chi connectivity index (χ4v) is 3.38. The van der Waals surface area contributed by atoms with Crippen LogP contribution in [0.4, 0.5) is 5.69 Å². The first kappa shape index (κ1) is 23.3. The van der Waals surface area contributed by atoms with Gasteiger partial charge in [-0.25, -0.2) is 9.67 Å². The number of para-hydroxylation sites is 2. The first-order valence-corrected chi connectivity index (χ1v) is 10.7. The van der Waals surface area contributed by atoms with E-state index >= 15 is 0 Å². The molecule has 0 spiro atoms. The van der Waals surface area contributed by atoms with E-state index in [1.807, 2.05) is 30.3 Å². The van der Waals surface area contributed by atoms with Gasteiger partial charge >= 0.3 is 0 Å². The summed E-state index contributed by atoms with van der Waals surface area (Å²) in [6.07, 6.45) is 1.56. The average molecular weight is 471 g/mol. The number of pyridine rings is 1. The van der Waals surface area contributed by atoms with Gasteiger partial charge in [-0.3, -0.25) is 19.7 Å². The van der Waals surface area contributed by atoms with E-state index in [0.717, 1.165) is 5.56 Å². The molecule has 0 unspecified atom stereocenters. The lowest BCUT2D eigenvalue weighted by atomic mass is 10.2. The van der Waals surface area contributed by atoms with E-state index in [4.69, 9.17) is 4.74 Å². The Balaban J connectivity index is 1.50. The fourth-order valence-electron chi connectivity index (χ4n) is 3.38. The van der Waals surface area contributed by atoms with Gasteiger partial charge in [-0.2, -0.15) is 5.10 Å². The van der Waals surface area contributed by atoms with Crippen LogP contribution in [0.3, 0.4) is 0 Å². The van der Waals surface area contributed by atoms with E-state index in [1.165, 1.54) is 28.9 Å². The van der Waals surface area contributed by atoms with Crippen LogP contribution in [-0.4, -0.2) is 25.6 Å². The first-order chi connectivity index (χ1) is 16.9. The zero-order valence-corrected chi connectivity index (χ0v) is 18.7. The van der Waals surface area contributed by atoms with Crippen LogP contribution in [0, 0.1) is 17.0 Å². The maximum Gasteiger partial charge on any atom is 0.294 e. The molecule has 0 saturated heterocycles. The lowest BCUT2D eigenvalue weighted by molar-refractivity contribution is -0.384.